The molecule has 0 saturated heterocycles. The Morgan fingerprint density at radius 2 is 1.61 bits per heavy atom. The number of hydrogen-bond donors (Lipinski definition) is 3. The lowest BCUT2D eigenvalue weighted by Gasteiger charge is -2.29. The van der Waals surface area contributed by atoms with Crippen molar-refractivity contribution in [1.82, 2.24) is 14.9 Å². The lowest BCUT2D eigenvalue weighted by Crippen LogP contribution is -2.48. The summed E-state index contributed by atoms with van der Waals surface area (Å²) in [7, 11) is -4.02. The van der Waals surface area contributed by atoms with E-state index in [1.807, 2.05) is 51.1 Å². The molecule has 2 rings (SSSR count). The topological polar surface area (TPSA) is 133 Å². The number of nitrogens with one attached hydrogen (secondary N) is 2. The molecule has 0 aliphatic carbocycles. The van der Waals surface area contributed by atoms with Gasteiger partial charge in [-0.3, -0.25) is 14.4 Å². The van der Waals surface area contributed by atoms with Crippen LogP contribution in [0.15, 0.2) is 59.5 Å². The van der Waals surface area contributed by atoms with Gasteiger partial charge < -0.3 is 15.7 Å². The first-order chi connectivity index (χ1) is 17.9. The molecule has 2 atom stereocenters. The third-order valence-corrected chi connectivity index (χ3v) is 7.87. The number of amides is 2. The minimum absolute atomic E-state index is 0.0599. The van der Waals surface area contributed by atoms with Crippen LogP contribution < -0.4 is 10.6 Å². The van der Waals surface area contributed by atoms with Crippen LogP contribution in [0, 0.1) is 12.8 Å². The fraction of sp³-hybridized carbons (Fsp3) is 0.464. The number of carboxylic acids is 1. The number of aryl methyl sites for hydroxylation is 1. The first-order valence-corrected chi connectivity index (χ1v) is 14.3. The normalized spacial score (nSPS) is 13.2. The molecule has 10 heteroatoms. The quantitative estimate of drug-likeness (QED) is 0.295. The van der Waals surface area contributed by atoms with Crippen LogP contribution in [0.3, 0.4) is 0 Å². The molecular formula is C28H39N3O6S. The summed E-state index contributed by atoms with van der Waals surface area (Å²) in [5, 5.41) is 15.4. The molecule has 0 aliphatic heterocycles. The zero-order chi connectivity index (χ0) is 28.3. The second kappa shape index (κ2) is 14.6. The summed E-state index contributed by atoms with van der Waals surface area (Å²) in [6.07, 6.45) is 1.28. The summed E-state index contributed by atoms with van der Waals surface area (Å²) >= 11 is 0. The third-order valence-electron chi connectivity index (χ3n) is 5.99. The second-order valence-corrected chi connectivity index (χ2v) is 11.8. The van der Waals surface area contributed by atoms with E-state index in [1.165, 1.54) is 19.1 Å². The highest BCUT2D eigenvalue weighted by atomic mass is 32.2. The number of hydrogen-bond acceptors (Lipinski definition) is 5. The van der Waals surface area contributed by atoms with Gasteiger partial charge in [0.1, 0.15) is 12.1 Å². The standard InChI is InChI=1S/C28H39N3O6S/c1-20(2)19-31(38(36,37)24-15-13-21(3)14-16-24)26(28(34)35)12-8-9-17-29-27(33)25(30-22(4)32)18-23-10-6-5-7-11-23/h5-7,10-11,13-16,20,25-26H,8-9,12,17-19H2,1-4H3,(H,29,33)(H,30,32)(H,34,35)/t25-,26-/m0/s1. The molecule has 9 nitrogen and oxygen atoms in total. The number of nitrogens with zero attached hydrogens (tertiary/aromatic N) is 1. The number of aliphatic carboxylic acids is 1. The van der Waals surface area contributed by atoms with E-state index in [0.29, 0.717) is 19.3 Å². The van der Waals surface area contributed by atoms with Gasteiger partial charge in [-0.25, -0.2) is 8.42 Å². The summed E-state index contributed by atoms with van der Waals surface area (Å²) in [5.41, 5.74) is 1.81. The zero-order valence-electron chi connectivity index (χ0n) is 22.5. The molecule has 0 fully saturated rings. The van der Waals surface area contributed by atoms with Gasteiger partial charge in [0.05, 0.1) is 4.90 Å². The van der Waals surface area contributed by atoms with Crippen LogP contribution in [0.25, 0.3) is 0 Å². The highest BCUT2D eigenvalue weighted by Crippen LogP contribution is 2.23. The summed E-state index contributed by atoms with van der Waals surface area (Å²) in [6, 6.07) is 13.7. The van der Waals surface area contributed by atoms with Crippen molar-refractivity contribution in [3.63, 3.8) is 0 Å². The molecule has 0 heterocycles. The predicted molar refractivity (Wildman–Crippen MR) is 146 cm³/mol. The van der Waals surface area contributed by atoms with Gasteiger partial charge in [-0.05, 0) is 49.8 Å². The molecule has 38 heavy (non-hydrogen) atoms. The van der Waals surface area contributed by atoms with Crippen LogP contribution in [0.5, 0.6) is 0 Å². The highest BCUT2D eigenvalue weighted by Gasteiger charge is 2.36. The molecule has 0 unspecified atom stereocenters. The third kappa shape index (κ3) is 9.57. The maximum atomic E-state index is 13.4. The zero-order valence-corrected chi connectivity index (χ0v) is 23.3. The first-order valence-electron chi connectivity index (χ1n) is 12.8. The van der Waals surface area contributed by atoms with E-state index < -0.39 is 28.1 Å². The van der Waals surface area contributed by atoms with Crippen LogP contribution in [0.4, 0.5) is 0 Å². The molecule has 0 radical (unpaired) electrons. The largest absolute Gasteiger partial charge is 0.480 e. The Balaban J connectivity index is 2.02. The Labute approximate surface area is 225 Å². The van der Waals surface area contributed by atoms with E-state index >= 15 is 0 Å². The van der Waals surface area contributed by atoms with Crippen molar-refractivity contribution in [2.75, 3.05) is 13.1 Å². The van der Waals surface area contributed by atoms with Crippen molar-refractivity contribution in [1.29, 1.82) is 0 Å². The molecule has 0 bridgehead atoms. The summed E-state index contributed by atoms with van der Waals surface area (Å²) < 4.78 is 27.9. The van der Waals surface area contributed by atoms with Gasteiger partial charge in [0.15, 0.2) is 0 Å². The molecule has 3 N–H and O–H groups in total. The lowest BCUT2D eigenvalue weighted by molar-refractivity contribution is -0.142. The Morgan fingerprint density at radius 1 is 0.974 bits per heavy atom. The average molecular weight is 546 g/mol. The summed E-state index contributed by atoms with van der Waals surface area (Å²) in [4.78, 5) is 36.6. The van der Waals surface area contributed by atoms with Crippen LogP contribution in [-0.4, -0.2) is 60.8 Å². The van der Waals surface area contributed by atoms with Crippen LogP contribution in [0.2, 0.25) is 0 Å². The van der Waals surface area contributed by atoms with Gasteiger partial charge in [0.2, 0.25) is 21.8 Å². The van der Waals surface area contributed by atoms with Crippen molar-refractivity contribution in [3.05, 3.63) is 65.7 Å². The van der Waals surface area contributed by atoms with E-state index in [9.17, 15) is 27.9 Å². The van der Waals surface area contributed by atoms with Gasteiger partial charge in [-0.15, -0.1) is 0 Å². The highest BCUT2D eigenvalue weighted by molar-refractivity contribution is 7.89. The van der Waals surface area contributed by atoms with E-state index in [-0.39, 0.29) is 42.1 Å². The summed E-state index contributed by atoms with van der Waals surface area (Å²) in [5.74, 6) is -1.93. The van der Waals surface area contributed by atoms with Gasteiger partial charge >= 0.3 is 5.97 Å². The Kier molecular flexibility index (Phi) is 11.9. The van der Waals surface area contributed by atoms with Crippen LogP contribution in [0.1, 0.15) is 51.2 Å². The smallest absolute Gasteiger partial charge is 0.322 e. The van der Waals surface area contributed by atoms with E-state index in [4.69, 9.17) is 0 Å². The maximum absolute atomic E-state index is 13.4. The molecular weight excluding hydrogens is 506 g/mol. The van der Waals surface area contributed by atoms with Crippen LogP contribution >= 0.6 is 0 Å². The van der Waals surface area contributed by atoms with E-state index in [2.05, 4.69) is 10.6 Å². The van der Waals surface area contributed by atoms with E-state index in [1.54, 1.807) is 12.1 Å². The van der Waals surface area contributed by atoms with Crippen molar-refractivity contribution in [3.8, 4) is 0 Å². The number of unbranched alkanes of at least 4 members (excludes halogenated alkanes) is 1. The van der Waals surface area contributed by atoms with Crippen molar-refractivity contribution < 1.29 is 27.9 Å². The minimum atomic E-state index is -4.02. The Hall–Kier alpha value is -3.24. The Morgan fingerprint density at radius 3 is 2.16 bits per heavy atom. The molecule has 0 aliphatic rings. The van der Waals surface area contributed by atoms with Crippen LogP contribution in [-0.2, 0) is 30.8 Å². The SMILES string of the molecule is CC(=O)N[C@@H](Cc1ccccc1)C(=O)NCCCC[C@@H](C(=O)O)N(CC(C)C)S(=O)(=O)c1ccc(C)cc1. The Bertz CT molecular complexity index is 1170. The first kappa shape index (κ1) is 31.0. The number of carbonyl (C=O) groups is 3. The van der Waals surface area contributed by atoms with Gasteiger partial charge in [0, 0.05) is 26.4 Å². The van der Waals surface area contributed by atoms with Gasteiger partial charge in [-0.2, -0.15) is 4.31 Å². The molecule has 2 aromatic rings. The minimum Gasteiger partial charge on any atom is -0.480 e. The fourth-order valence-corrected chi connectivity index (χ4v) is 5.87. The molecule has 2 amide bonds. The molecule has 0 spiro atoms. The number of carbonyl (C=O) groups excluding carboxylic acids is 2. The number of sulfonamides is 1. The fourth-order valence-electron chi connectivity index (χ4n) is 4.09. The number of benzene rings is 2. The predicted octanol–water partition coefficient (Wildman–Crippen LogP) is 3.13. The van der Waals surface area contributed by atoms with E-state index in [0.717, 1.165) is 15.4 Å². The van der Waals surface area contributed by atoms with Gasteiger partial charge in [-0.1, -0.05) is 61.9 Å². The second-order valence-electron chi connectivity index (χ2n) is 9.87. The number of rotatable bonds is 15. The molecule has 208 valence electrons. The molecule has 0 aromatic heterocycles. The van der Waals surface area contributed by atoms with Crippen molar-refractivity contribution in [2.24, 2.45) is 5.92 Å². The lowest BCUT2D eigenvalue weighted by atomic mass is 10.0. The monoisotopic (exact) mass is 545 g/mol. The molecule has 0 saturated carbocycles. The number of carboxylic acid groups (broad SMARTS) is 1. The average Bonchev–Trinajstić information content (AvgIpc) is 2.84. The summed E-state index contributed by atoms with van der Waals surface area (Å²) in [6.45, 7) is 7.22. The van der Waals surface area contributed by atoms with Crippen molar-refractivity contribution >= 4 is 27.8 Å². The van der Waals surface area contributed by atoms with Crippen molar-refractivity contribution in [2.45, 2.75) is 70.4 Å². The maximum Gasteiger partial charge on any atom is 0.322 e. The molecule has 2 aromatic carbocycles. The van der Waals surface area contributed by atoms with Gasteiger partial charge in [0.25, 0.3) is 0 Å².